The molecule has 3 aromatic rings. The number of likely N-dealkylation sites (tertiary alicyclic amines) is 1. The van der Waals surface area contributed by atoms with Crippen molar-refractivity contribution in [1.82, 2.24) is 19.7 Å². The van der Waals surface area contributed by atoms with Crippen LogP contribution in [0.3, 0.4) is 0 Å². The lowest BCUT2D eigenvalue weighted by atomic mass is 9.92. The van der Waals surface area contributed by atoms with E-state index in [4.69, 9.17) is 4.98 Å². The molecule has 1 aromatic carbocycles. The standard InChI is InChI=1S/C23H25FN4O/c1-16-10-17(11-18-6-3-4-8-21(18)24)12-22(26-16)19-7-5-9-28(15-19)23(29)20-13-25-27(2)14-20/h3-4,6,8,10,12-14,19H,5,7,9,11,15H2,1-2H3. The normalized spacial score (nSPS) is 16.8. The highest BCUT2D eigenvalue weighted by molar-refractivity contribution is 5.93. The quantitative estimate of drug-likeness (QED) is 0.677. The summed E-state index contributed by atoms with van der Waals surface area (Å²) in [5, 5.41) is 4.11. The molecule has 6 heteroatoms. The summed E-state index contributed by atoms with van der Waals surface area (Å²) in [4.78, 5) is 19.5. The maximum absolute atomic E-state index is 14.1. The predicted molar refractivity (Wildman–Crippen MR) is 109 cm³/mol. The minimum Gasteiger partial charge on any atom is -0.338 e. The Morgan fingerprint density at radius 3 is 2.86 bits per heavy atom. The Kier molecular flexibility index (Phi) is 5.43. The van der Waals surface area contributed by atoms with E-state index in [1.54, 1.807) is 23.1 Å². The lowest BCUT2D eigenvalue weighted by Gasteiger charge is -2.32. The molecule has 5 nitrogen and oxygen atoms in total. The highest BCUT2D eigenvalue weighted by atomic mass is 19.1. The number of hydrogen-bond acceptors (Lipinski definition) is 3. The molecule has 1 fully saturated rings. The first-order chi connectivity index (χ1) is 14.0. The highest BCUT2D eigenvalue weighted by Gasteiger charge is 2.27. The summed E-state index contributed by atoms with van der Waals surface area (Å²) in [6.07, 6.45) is 5.84. The Balaban J connectivity index is 1.53. The molecule has 150 valence electrons. The van der Waals surface area contributed by atoms with Crippen molar-refractivity contribution in [3.05, 3.63) is 82.7 Å². The largest absolute Gasteiger partial charge is 0.338 e. The second kappa shape index (κ2) is 8.15. The molecule has 0 spiro atoms. The van der Waals surface area contributed by atoms with E-state index in [2.05, 4.69) is 11.2 Å². The Labute approximate surface area is 170 Å². The number of pyridine rings is 1. The summed E-state index contributed by atoms with van der Waals surface area (Å²) in [6.45, 7) is 3.36. The summed E-state index contributed by atoms with van der Waals surface area (Å²) in [6, 6.07) is 11.0. The fraction of sp³-hybridized carbons (Fsp3) is 0.348. The predicted octanol–water partition coefficient (Wildman–Crippen LogP) is 3.87. The van der Waals surface area contributed by atoms with Gasteiger partial charge >= 0.3 is 0 Å². The van der Waals surface area contributed by atoms with Crippen LogP contribution >= 0.6 is 0 Å². The monoisotopic (exact) mass is 392 g/mol. The smallest absolute Gasteiger partial charge is 0.257 e. The van der Waals surface area contributed by atoms with E-state index in [9.17, 15) is 9.18 Å². The van der Waals surface area contributed by atoms with E-state index < -0.39 is 0 Å². The first-order valence-corrected chi connectivity index (χ1v) is 9.98. The Morgan fingerprint density at radius 2 is 2.10 bits per heavy atom. The molecule has 1 atom stereocenters. The summed E-state index contributed by atoms with van der Waals surface area (Å²) >= 11 is 0. The third kappa shape index (κ3) is 4.36. The molecule has 2 aromatic heterocycles. The minimum atomic E-state index is -0.186. The number of piperidine rings is 1. The van der Waals surface area contributed by atoms with Crippen LogP contribution in [0.5, 0.6) is 0 Å². The van der Waals surface area contributed by atoms with Crippen molar-refractivity contribution in [1.29, 1.82) is 0 Å². The number of nitrogens with zero attached hydrogens (tertiary/aromatic N) is 4. The lowest BCUT2D eigenvalue weighted by Crippen LogP contribution is -2.39. The fourth-order valence-electron chi connectivity index (χ4n) is 4.06. The van der Waals surface area contributed by atoms with Gasteiger partial charge in [-0.1, -0.05) is 18.2 Å². The lowest BCUT2D eigenvalue weighted by molar-refractivity contribution is 0.0706. The van der Waals surface area contributed by atoms with Gasteiger partial charge in [-0.25, -0.2) is 4.39 Å². The Morgan fingerprint density at radius 1 is 1.28 bits per heavy atom. The van der Waals surface area contributed by atoms with E-state index >= 15 is 0 Å². The molecular weight excluding hydrogens is 367 g/mol. The van der Waals surface area contributed by atoms with Gasteiger partial charge in [0.15, 0.2) is 0 Å². The summed E-state index contributed by atoms with van der Waals surface area (Å²) in [7, 11) is 1.81. The molecular formula is C23H25FN4O. The van der Waals surface area contributed by atoms with Crippen LogP contribution in [-0.4, -0.2) is 38.7 Å². The summed E-state index contributed by atoms with van der Waals surface area (Å²) < 4.78 is 15.7. The number of aromatic nitrogens is 3. The van der Waals surface area contributed by atoms with Gasteiger partial charge in [-0.05, 0) is 49.1 Å². The highest BCUT2D eigenvalue weighted by Crippen LogP contribution is 2.28. The van der Waals surface area contributed by atoms with Gasteiger partial charge in [0.05, 0.1) is 11.8 Å². The zero-order chi connectivity index (χ0) is 20.4. The number of carbonyl (C=O) groups excluding carboxylic acids is 1. The van der Waals surface area contributed by atoms with Crippen LogP contribution in [0.2, 0.25) is 0 Å². The van der Waals surface area contributed by atoms with Gasteiger partial charge in [0.2, 0.25) is 0 Å². The van der Waals surface area contributed by atoms with Gasteiger partial charge in [-0.15, -0.1) is 0 Å². The van der Waals surface area contributed by atoms with Crippen molar-refractivity contribution in [3.8, 4) is 0 Å². The molecule has 1 amide bonds. The molecule has 1 unspecified atom stereocenters. The van der Waals surface area contributed by atoms with Crippen LogP contribution in [0.25, 0.3) is 0 Å². The first kappa shape index (κ1) is 19.3. The molecule has 0 aliphatic carbocycles. The maximum Gasteiger partial charge on any atom is 0.257 e. The number of aryl methyl sites for hydroxylation is 2. The number of carbonyl (C=O) groups is 1. The van der Waals surface area contributed by atoms with Gasteiger partial charge in [0, 0.05) is 50.1 Å². The number of rotatable bonds is 4. The second-order valence-corrected chi connectivity index (χ2v) is 7.80. The molecule has 1 aliphatic rings. The molecule has 0 radical (unpaired) electrons. The van der Waals surface area contributed by atoms with Gasteiger partial charge in [0.1, 0.15) is 5.82 Å². The van der Waals surface area contributed by atoms with Crippen LogP contribution in [0.15, 0.2) is 48.8 Å². The van der Waals surface area contributed by atoms with Gasteiger partial charge < -0.3 is 4.90 Å². The van der Waals surface area contributed by atoms with Crippen molar-refractivity contribution < 1.29 is 9.18 Å². The first-order valence-electron chi connectivity index (χ1n) is 9.98. The van der Waals surface area contributed by atoms with Gasteiger partial charge in [-0.2, -0.15) is 5.10 Å². The molecule has 1 aliphatic heterocycles. The zero-order valence-electron chi connectivity index (χ0n) is 16.8. The molecule has 0 saturated carbocycles. The number of hydrogen-bond donors (Lipinski definition) is 0. The summed E-state index contributed by atoms with van der Waals surface area (Å²) in [5.74, 6) is 0.0140. The van der Waals surface area contributed by atoms with Crippen LogP contribution in [0.4, 0.5) is 4.39 Å². The molecule has 3 heterocycles. The Hall–Kier alpha value is -3.02. The van der Waals surface area contributed by atoms with E-state index in [0.29, 0.717) is 24.1 Å². The molecule has 0 bridgehead atoms. The maximum atomic E-state index is 14.1. The third-order valence-electron chi connectivity index (χ3n) is 5.46. The SMILES string of the molecule is Cc1cc(Cc2ccccc2F)cc(C2CCCN(C(=O)c3cnn(C)c3)C2)n1. The van der Waals surface area contributed by atoms with Crippen LogP contribution in [0, 0.1) is 12.7 Å². The van der Waals surface area contributed by atoms with Crippen LogP contribution in [0.1, 0.15) is 51.6 Å². The van der Waals surface area contributed by atoms with Crippen molar-refractivity contribution >= 4 is 5.91 Å². The van der Waals surface area contributed by atoms with Gasteiger partial charge in [-0.3, -0.25) is 14.5 Å². The number of amides is 1. The van der Waals surface area contributed by atoms with E-state index in [-0.39, 0.29) is 17.6 Å². The minimum absolute atomic E-state index is 0.0158. The second-order valence-electron chi connectivity index (χ2n) is 7.80. The topological polar surface area (TPSA) is 51.0 Å². The number of benzene rings is 1. The molecule has 0 N–H and O–H groups in total. The third-order valence-corrected chi connectivity index (χ3v) is 5.46. The molecule has 1 saturated heterocycles. The number of halogens is 1. The molecule has 4 rings (SSSR count). The van der Waals surface area contributed by atoms with Crippen molar-refractivity contribution in [2.75, 3.05) is 13.1 Å². The summed E-state index contributed by atoms with van der Waals surface area (Å²) in [5.41, 5.74) is 4.25. The molecule has 29 heavy (non-hydrogen) atoms. The average Bonchev–Trinajstić information content (AvgIpc) is 3.15. The van der Waals surface area contributed by atoms with Crippen LogP contribution < -0.4 is 0 Å². The van der Waals surface area contributed by atoms with E-state index in [1.165, 1.54) is 6.07 Å². The van der Waals surface area contributed by atoms with Crippen molar-refractivity contribution in [2.45, 2.75) is 32.1 Å². The van der Waals surface area contributed by atoms with Crippen molar-refractivity contribution in [3.63, 3.8) is 0 Å². The van der Waals surface area contributed by atoms with E-state index in [1.807, 2.05) is 37.1 Å². The Bertz CT molecular complexity index is 1030. The van der Waals surface area contributed by atoms with E-state index in [0.717, 1.165) is 36.3 Å². The van der Waals surface area contributed by atoms with Crippen LogP contribution in [-0.2, 0) is 13.5 Å². The fourth-order valence-corrected chi connectivity index (χ4v) is 4.06. The van der Waals surface area contributed by atoms with Crippen molar-refractivity contribution in [2.24, 2.45) is 7.05 Å². The zero-order valence-corrected chi connectivity index (χ0v) is 16.8. The average molecular weight is 392 g/mol. The van der Waals surface area contributed by atoms with Gasteiger partial charge in [0.25, 0.3) is 5.91 Å².